The Hall–Kier alpha value is -0.620. The van der Waals surface area contributed by atoms with E-state index >= 15 is 0 Å². The number of amidine groups is 1. The zero-order valence-electron chi connectivity index (χ0n) is 7.63. The van der Waals surface area contributed by atoms with Gasteiger partial charge in [-0.1, -0.05) is 12.8 Å². The van der Waals surface area contributed by atoms with Gasteiger partial charge in [0.15, 0.2) is 0 Å². The van der Waals surface area contributed by atoms with Crippen molar-refractivity contribution >= 4 is 15.9 Å². The molecule has 13 heavy (non-hydrogen) atoms. The second kappa shape index (κ2) is 3.26. The molecule has 0 radical (unpaired) electrons. The lowest BCUT2D eigenvalue weighted by Gasteiger charge is -2.27. The molecule has 0 aromatic carbocycles. The molecule has 0 spiro atoms. The Morgan fingerprint density at radius 3 is 2.23 bits per heavy atom. The molecule has 76 valence electrons. The van der Waals surface area contributed by atoms with Gasteiger partial charge in [0.25, 0.3) is 0 Å². The van der Waals surface area contributed by atoms with E-state index in [0.29, 0.717) is 12.8 Å². The fraction of sp³-hybridized carbons (Fsp3) is 0.857. The van der Waals surface area contributed by atoms with Crippen molar-refractivity contribution in [2.24, 2.45) is 5.73 Å². The zero-order valence-corrected chi connectivity index (χ0v) is 8.45. The molecule has 1 aliphatic rings. The SMILES string of the molecule is CS(=O)(=O)NC1(C(=N)N)CCCC1. The summed E-state index contributed by atoms with van der Waals surface area (Å²) in [5.41, 5.74) is 4.60. The van der Waals surface area contributed by atoms with Crippen molar-refractivity contribution in [3.8, 4) is 0 Å². The minimum atomic E-state index is -3.28. The molecule has 1 fully saturated rings. The summed E-state index contributed by atoms with van der Waals surface area (Å²) >= 11 is 0. The smallest absolute Gasteiger partial charge is 0.209 e. The molecule has 0 atom stereocenters. The minimum Gasteiger partial charge on any atom is -0.386 e. The van der Waals surface area contributed by atoms with Gasteiger partial charge in [-0.2, -0.15) is 0 Å². The number of nitrogens with one attached hydrogen (secondary N) is 2. The molecule has 0 bridgehead atoms. The van der Waals surface area contributed by atoms with Crippen LogP contribution in [0, 0.1) is 5.41 Å². The Bertz CT molecular complexity index is 304. The first-order chi connectivity index (χ1) is 5.86. The highest BCUT2D eigenvalue weighted by molar-refractivity contribution is 7.88. The standard InChI is InChI=1S/C7H15N3O2S/c1-13(11,12)10-7(6(8)9)4-2-3-5-7/h10H,2-5H2,1H3,(H3,8,9). The molecule has 1 rings (SSSR count). The van der Waals surface area contributed by atoms with E-state index in [2.05, 4.69) is 4.72 Å². The van der Waals surface area contributed by atoms with E-state index in [1.165, 1.54) is 0 Å². The van der Waals surface area contributed by atoms with E-state index in [-0.39, 0.29) is 5.84 Å². The van der Waals surface area contributed by atoms with Gasteiger partial charge in [-0.05, 0) is 12.8 Å². The summed E-state index contributed by atoms with van der Waals surface area (Å²) < 4.78 is 24.5. The van der Waals surface area contributed by atoms with E-state index < -0.39 is 15.6 Å². The molecule has 1 saturated carbocycles. The number of hydrogen-bond acceptors (Lipinski definition) is 3. The van der Waals surface area contributed by atoms with E-state index in [1.54, 1.807) is 0 Å². The predicted octanol–water partition coefficient (Wildman–Crippen LogP) is -0.216. The van der Waals surface area contributed by atoms with Crippen molar-refractivity contribution < 1.29 is 8.42 Å². The summed E-state index contributed by atoms with van der Waals surface area (Å²) in [5.74, 6) is -0.0737. The molecule has 0 aliphatic heterocycles. The lowest BCUT2D eigenvalue weighted by Crippen LogP contribution is -2.54. The van der Waals surface area contributed by atoms with Crippen LogP contribution in [-0.2, 0) is 10.0 Å². The van der Waals surface area contributed by atoms with Crippen molar-refractivity contribution in [1.29, 1.82) is 5.41 Å². The van der Waals surface area contributed by atoms with Crippen molar-refractivity contribution in [2.45, 2.75) is 31.2 Å². The zero-order chi connectivity index (χ0) is 10.1. The van der Waals surface area contributed by atoms with Gasteiger partial charge in [0, 0.05) is 0 Å². The lowest BCUT2D eigenvalue weighted by molar-refractivity contribution is 0.499. The summed E-state index contributed by atoms with van der Waals surface area (Å²) in [4.78, 5) is 0. The molecule has 0 amide bonds. The van der Waals surface area contributed by atoms with E-state index in [9.17, 15) is 8.42 Å². The third-order valence-corrected chi connectivity index (χ3v) is 3.11. The molecule has 0 aromatic rings. The summed E-state index contributed by atoms with van der Waals surface area (Å²) in [6.45, 7) is 0. The monoisotopic (exact) mass is 205 g/mol. The highest BCUT2D eigenvalue weighted by Crippen LogP contribution is 2.29. The van der Waals surface area contributed by atoms with Crippen molar-refractivity contribution in [1.82, 2.24) is 4.72 Å². The highest BCUT2D eigenvalue weighted by atomic mass is 32.2. The molecule has 1 aliphatic carbocycles. The van der Waals surface area contributed by atoms with Crippen LogP contribution in [0.1, 0.15) is 25.7 Å². The molecule has 4 N–H and O–H groups in total. The Balaban J connectivity index is 2.86. The summed E-state index contributed by atoms with van der Waals surface area (Å²) in [6, 6.07) is 0. The summed E-state index contributed by atoms with van der Waals surface area (Å²) in [6.07, 6.45) is 4.20. The van der Waals surface area contributed by atoms with Gasteiger partial charge >= 0.3 is 0 Å². The quantitative estimate of drug-likeness (QED) is 0.439. The Kier molecular flexibility index (Phi) is 2.63. The maximum Gasteiger partial charge on any atom is 0.209 e. The van der Waals surface area contributed by atoms with Crippen LogP contribution in [0.3, 0.4) is 0 Å². The molecule has 0 unspecified atom stereocenters. The van der Waals surface area contributed by atoms with Crippen molar-refractivity contribution in [3.05, 3.63) is 0 Å². The summed E-state index contributed by atoms with van der Waals surface area (Å²) in [7, 11) is -3.28. The average Bonchev–Trinajstić information content (AvgIpc) is 2.33. The Morgan fingerprint density at radius 2 is 1.92 bits per heavy atom. The lowest BCUT2D eigenvalue weighted by atomic mass is 9.98. The van der Waals surface area contributed by atoms with Gasteiger partial charge in [0.1, 0.15) is 5.84 Å². The van der Waals surface area contributed by atoms with Gasteiger partial charge in [-0.25, -0.2) is 13.1 Å². The average molecular weight is 205 g/mol. The Morgan fingerprint density at radius 1 is 1.46 bits per heavy atom. The van der Waals surface area contributed by atoms with Gasteiger partial charge in [0.05, 0.1) is 11.8 Å². The molecular weight excluding hydrogens is 190 g/mol. The second-order valence-corrected chi connectivity index (χ2v) is 5.33. The van der Waals surface area contributed by atoms with Gasteiger partial charge in [-0.15, -0.1) is 0 Å². The number of rotatable bonds is 3. The third-order valence-electron chi connectivity index (χ3n) is 2.35. The van der Waals surface area contributed by atoms with E-state index in [1.807, 2.05) is 0 Å². The first-order valence-corrected chi connectivity index (χ1v) is 6.08. The third kappa shape index (κ3) is 2.41. The maximum atomic E-state index is 11.0. The van der Waals surface area contributed by atoms with Gasteiger partial charge < -0.3 is 5.73 Å². The number of hydrogen-bond donors (Lipinski definition) is 3. The first-order valence-electron chi connectivity index (χ1n) is 4.19. The van der Waals surface area contributed by atoms with Gasteiger partial charge in [-0.3, -0.25) is 5.41 Å². The van der Waals surface area contributed by atoms with Crippen LogP contribution in [0.4, 0.5) is 0 Å². The van der Waals surface area contributed by atoms with Crippen LogP contribution < -0.4 is 10.5 Å². The van der Waals surface area contributed by atoms with Crippen LogP contribution in [0.2, 0.25) is 0 Å². The van der Waals surface area contributed by atoms with E-state index in [0.717, 1.165) is 19.1 Å². The second-order valence-electron chi connectivity index (χ2n) is 3.58. The number of nitrogens with two attached hydrogens (primary N) is 1. The molecule has 0 aromatic heterocycles. The maximum absolute atomic E-state index is 11.0. The largest absolute Gasteiger partial charge is 0.386 e. The van der Waals surface area contributed by atoms with E-state index in [4.69, 9.17) is 11.1 Å². The molecule has 6 heteroatoms. The molecular formula is C7H15N3O2S. The fourth-order valence-electron chi connectivity index (χ4n) is 1.76. The topological polar surface area (TPSA) is 96.0 Å². The fourth-order valence-corrected chi connectivity index (χ4v) is 2.78. The minimum absolute atomic E-state index is 0.0737. The van der Waals surface area contributed by atoms with Crippen LogP contribution in [-0.4, -0.2) is 26.0 Å². The number of sulfonamides is 1. The van der Waals surface area contributed by atoms with Crippen molar-refractivity contribution in [3.63, 3.8) is 0 Å². The molecule has 0 heterocycles. The van der Waals surface area contributed by atoms with Crippen LogP contribution in [0.5, 0.6) is 0 Å². The molecule has 5 nitrogen and oxygen atoms in total. The highest BCUT2D eigenvalue weighted by Gasteiger charge is 2.39. The normalized spacial score (nSPS) is 21.6. The van der Waals surface area contributed by atoms with Crippen LogP contribution in [0.25, 0.3) is 0 Å². The van der Waals surface area contributed by atoms with Crippen LogP contribution >= 0.6 is 0 Å². The molecule has 0 saturated heterocycles. The first kappa shape index (κ1) is 10.5. The van der Waals surface area contributed by atoms with Gasteiger partial charge in [0.2, 0.25) is 10.0 Å². The Labute approximate surface area is 78.3 Å². The summed E-state index contributed by atoms with van der Waals surface area (Å²) in [5, 5.41) is 7.37. The van der Waals surface area contributed by atoms with Crippen molar-refractivity contribution in [2.75, 3.05) is 6.26 Å². The predicted molar refractivity (Wildman–Crippen MR) is 51.1 cm³/mol. The van der Waals surface area contributed by atoms with Crippen LogP contribution in [0.15, 0.2) is 0 Å².